The number of likely N-dealkylation sites (N-methyl/N-ethyl adjacent to an activating group) is 2. The van der Waals surface area contributed by atoms with Gasteiger partial charge in [-0.1, -0.05) is 88.4 Å². The van der Waals surface area contributed by atoms with Crippen molar-refractivity contribution in [3.63, 3.8) is 0 Å². The summed E-state index contributed by atoms with van der Waals surface area (Å²) in [6, 6.07) is 16.1. The molecule has 0 aliphatic carbocycles. The maximum Gasteiger partial charge on any atom is 0.410 e. The van der Waals surface area contributed by atoms with Gasteiger partial charge in [0.25, 0.3) is 0 Å². The minimum absolute atomic E-state index is 0.00488. The van der Waals surface area contributed by atoms with Gasteiger partial charge in [0.05, 0.1) is 12.1 Å². The van der Waals surface area contributed by atoms with E-state index in [-0.39, 0.29) is 44.0 Å². The fourth-order valence-electron chi connectivity index (χ4n) is 5.25. The Balaban J connectivity index is 1.64. The number of nitrogens with one attached hydrogen (secondary N) is 1. The average molecular weight is 625 g/mol. The van der Waals surface area contributed by atoms with Gasteiger partial charge in [0.2, 0.25) is 11.8 Å². The smallest absolute Gasteiger partial charge is 0.410 e. The molecule has 1 aliphatic rings. The number of hydrogen-bond donors (Lipinski definition) is 2. The highest BCUT2D eigenvalue weighted by molar-refractivity contribution is 5.87. The van der Waals surface area contributed by atoms with Crippen LogP contribution in [0.4, 0.5) is 9.59 Å². The van der Waals surface area contributed by atoms with E-state index in [1.165, 1.54) is 28.8 Å². The summed E-state index contributed by atoms with van der Waals surface area (Å²) in [4.78, 5) is 57.1. The lowest BCUT2D eigenvalue weighted by Gasteiger charge is -2.31. The number of aliphatic hydroxyl groups is 1. The van der Waals surface area contributed by atoms with Crippen LogP contribution in [0.3, 0.4) is 0 Å². The molecule has 1 fully saturated rings. The standard InChI is InChI=1S/C34H48N4O7/c1-23(2)17-28(36(5)33(42)44-21-25-13-9-7-10-14-25)31(40)35-27-19-38(20-30(27)39)32(41)29(18-24(3)4)37(6)34(43)45-22-26-15-11-8-12-16-26/h7-16,23-24,27-30,39H,17-22H2,1-6H3,(H,35,40)/t27?,28-,29-,30?/m0/s1. The summed E-state index contributed by atoms with van der Waals surface area (Å²) in [5.41, 5.74) is 1.66. The second-order valence-electron chi connectivity index (χ2n) is 12.5. The lowest BCUT2D eigenvalue weighted by atomic mass is 10.0. The van der Waals surface area contributed by atoms with Gasteiger partial charge in [-0.15, -0.1) is 0 Å². The van der Waals surface area contributed by atoms with Gasteiger partial charge < -0.3 is 24.8 Å². The van der Waals surface area contributed by atoms with E-state index in [1.54, 1.807) is 0 Å². The van der Waals surface area contributed by atoms with Gasteiger partial charge in [-0.2, -0.15) is 0 Å². The second kappa shape index (κ2) is 16.8. The SMILES string of the molecule is CC(C)C[C@@H](C(=O)NC1CN(C(=O)[C@H](CC(C)C)N(C)C(=O)OCc2ccccc2)CC1O)N(C)C(=O)OCc1ccccc1. The molecular weight excluding hydrogens is 576 g/mol. The molecule has 1 aliphatic heterocycles. The predicted molar refractivity (Wildman–Crippen MR) is 170 cm³/mol. The molecule has 3 rings (SSSR count). The molecule has 1 heterocycles. The van der Waals surface area contributed by atoms with Crippen LogP contribution in [0.25, 0.3) is 0 Å². The topological polar surface area (TPSA) is 129 Å². The highest BCUT2D eigenvalue weighted by Crippen LogP contribution is 2.20. The number of nitrogens with zero attached hydrogens (tertiary/aromatic N) is 3. The Kier molecular flexibility index (Phi) is 13.2. The van der Waals surface area contributed by atoms with Gasteiger partial charge >= 0.3 is 12.2 Å². The zero-order valence-corrected chi connectivity index (χ0v) is 27.2. The Morgan fingerprint density at radius 3 is 1.69 bits per heavy atom. The molecule has 4 amide bonds. The van der Waals surface area contributed by atoms with Crippen LogP contribution in [0.1, 0.15) is 51.7 Å². The number of rotatable bonds is 13. The molecule has 2 aromatic carbocycles. The molecule has 0 bridgehead atoms. The van der Waals surface area contributed by atoms with Crippen LogP contribution in [-0.2, 0) is 32.3 Å². The van der Waals surface area contributed by atoms with Gasteiger partial charge in [-0.3, -0.25) is 19.4 Å². The van der Waals surface area contributed by atoms with E-state index in [0.29, 0.717) is 12.8 Å². The van der Waals surface area contributed by atoms with Crippen LogP contribution in [0.15, 0.2) is 60.7 Å². The Morgan fingerprint density at radius 1 is 0.778 bits per heavy atom. The molecule has 246 valence electrons. The van der Waals surface area contributed by atoms with Gasteiger partial charge in [0.1, 0.15) is 25.3 Å². The first-order valence-corrected chi connectivity index (χ1v) is 15.5. The Morgan fingerprint density at radius 2 is 1.22 bits per heavy atom. The molecule has 2 unspecified atom stereocenters. The lowest BCUT2D eigenvalue weighted by Crippen LogP contribution is -2.53. The minimum atomic E-state index is -1.03. The van der Waals surface area contributed by atoms with E-state index in [9.17, 15) is 24.3 Å². The first-order chi connectivity index (χ1) is 21.4. The largest absolute Gasteiger partial charge is 0.445 e. The quantitative estimate of drug-likeness (QED) is 0.344. The second-order valence-corrected chi connectivity index (χ2v) is 12.5. The van der Waals surface area contributed by atoms with Gasteiger partial charge in [-0.25, -0.2) is 9.59 Å². The first-order valence-electron chi connectivity index (χ1n) is 15.5. The third-order valence-electron chi connectivity index (χ3n) is 7.83. The van der Waals surface area contributed by atoms with E-state index < -0.39 is 42.3 Å². The minimum Gasteiger partial charge on any atom is -0.445 e. The molecular formula is C34H48N4O7. The summed E-state index contributed by atoms with van der Waals surface area (Å²) in [6.07, 6.45) is -1.52. The number of ether oxygens (including phenoxy) is 2. The van der Waals surface area contributed by atoms with E-state index in [2.05, 4.69) is 5.32 Å². The van der Waals surface area contributed by atoms with E-state index in [0.717, 1.165) is 11.1 Å². The average Bonchev–Trinajstić information content (AvgIpc) is 3.39. The summed E-state index contributed by atoms with van der Waals surface area (Å²) in [6.45, 7) is 8.02. The Labute approximate surface area is 266 Å². The normalized spacial score (nSPS) is 17.5. The molecule has 1 saturated heterocycles. The van der Waals surface area contributed by atoms with Crippen molar-refractivity contribution in [3.05, 3.63) is 71.8 Å². The number of amides is 4. The Bertz CT molecular complexity index is 1260. The maximum absolute atomic E-state index is 13.7. The first kappa shape index (κ1) is 35.4. The third-order valence-corrected chi connectivity index (χ3v) is 7.83. The number of hydrogen-bond acceptors (Lipinski definition) is 7. The van der Waals surface area contributed by atoms with Crippen LogP contribution >= 0.6 is 0 Å². The fourth-order valence-corrected chi connectivity index (χ4v) is 5.25. The predicted octanol–water partition coefficient (Wildman–Crippen LogP) is 4.04. The van der Waals surface area contributed by atoms with Gasteiger partial charge in [0.15, 0.2) is 0 Å². The van der Waals surface area contributed by atoms with Gasteiger partial charge in [-0.05, 0) is 35.8 Å². The highest BCUT2D eigenvalue weighted by Gasteiger charge is 2.41. The molecule has 0 saturated carbocycles. The van der Waals surface area contributed by atoms with Gasteiger partial charge in [0, 0.05) is 27.2 Å². The summed E-state index contributed by atoms with van der Waals surface area (Å²) in [7, 11) is 3.05. The van der Waals surface area contributed by atoms with Crippen molar-refractivity contribution >= 4 is 24.0 Å². The molecule has 11 nitrogen and oxygen atoms in total. The van der Waals surface area contributed by atoms with Crippen molar-refractivity contribution in [2.45, 2.75) is 78.0 Å². The van der Waals surface area contributed by atoms with E-state index in [1.807, 2.05) is 88.4 Å². The van der Waals surface area contributed by atoms with Crippen LogP contribution in [-0.4, -0.2) is 95.2 Å². The fraction of sp³-hybridized carbons (Fsp3) is 0.529. The van der Waals surface area contributed by atoms with Crippen molar-refractivity contribution in [2.24, 2.45) is 11.8 Å². The molecule has 0 spiro atoms. The zero-order valence-electron chi connectivity index (χ0n) is 27.2. The number of aliphatic hydroxyl groups excluding tert-OH is 1. The van der Waals surface area contributed by atoms with Crippen molar-refractivity contribution in [3.8, 4) is 0 Å². The number of benzene rings is 2. The highest BCUT2D eigenvalue weighted by atomic mass is 16.6. The summed E-state index contributed by atoms with van der Waals surface area (Å²) >= 11 is 0. The van der Waals surface area contributed by atoms with Crippen molar-refractivity contribution in [1.29, 1.82) is 0 Å². The monoisotopic (exact) mass is 624 g/mol. The Hall–Kier alpha value is -4.12. The molecule has 2 aromatic rings. The summed E-state index contributed by atoms with van der Waals surface area (Å²) < 4.78 is 10.9. The lowest BCUT2D eigenvalue weighted by molar-refractivity contribution is -0.136. The third kappa shape index (κ3) is 10.5. The van der Waals surface area contributed by atoms with Crippen LogP contribution < -0.4 is 5.32 Å². The number of carbonyl (C=O) groups is 4. The zero-order chi connectivity index (χ0) is 33.1. The van der Waals surface area contributed by atoms with Crippen LogP contribution in [0.2, 0.25) is 0 Å². The number of likely N-dealkylation sites (tertiary alicyclic amines) is 1. The molecule has 2 N–H and O–H groups in total. The molecule has 45 heavy (non-hydrogen) atoms. The van der Waals surface area contributed by atoms with Crippen molar-refractivity contribution in [1.82, 2.24) is 20.0 Å². The van der Waals surface area contributed by atoms with E-state index in [4.69, 9.17) is 9.47 Å². The van der Waals surface area contributed by atoms with Crippen LogP contribution in [0.5, 0.6) is 0 Å². The van der Waals surface area contributed by atoms with Crippen LogP contribution in [0, 0.1) is 11.8 Å². The maximum atomic E-state index is 13.7. The summed E-state index contributed by atoms with van der Waals surface area (Å²) in [5, 5.41) is 13.7. The van der Waals surface area contributed by atoms with Crippen molar-refractivity contribution in [2.75, 3.05) is 27.2 Å². The molecule has 11 heteroatoms. The molecule has 4 atom stereocenters. The van der Waals surface area contributed by atoms with Crippen molar-refractivity contribution < 1.29 is 33.8 Å². The molecule has 0 aromatic heterocycles. The molecule has 0 radical (unpaired) electrons. The van der Waals surface area contributed by atoms with E-state index >= 15 is 0 Å². The summed E-state index contributed by atoms with van der Waals surface area (Å²) in [5.74, 6) is -0.591. The number of carbonyl (C=O) groups excluding carboxylic acids is 4. The number of β-amino-alcohol motifs (C(OH)–C–C–N with tert-alkyl or cyclic N) is 1.